The molecular formula is C17H18N2O4S. The number of carbonyl (C=O) groups is 2. The van der Waals surface area contributed by atoms with Gasteiger partial charge in [0.2, 0.25) is 5.91 Å². The highest BCUT2D eigenvalue weighted by Gasteiger charge is 2.18. The first kappa shape index (κ1) is 17.7. The Morgan fingerprint density at radius 2 is 1.75 bits per heavy atom. The van der Waals surface area contributed by atoms with Crippen molar-refractivity contribution >= 4 is 27.3 Å². The van der Waals surface area contributed by atoms with Gasteiger partial charge in [0, 0.05) is 11.3 Å². The number of hydrogen-bond donors (Lipinski definition) is 2. The minimum atomic E-state index is -3.78. The summed E-state index contributed by atoms with van der Waals surface area (Å²) in [6, 6.07) is 12.8. The molecule has 2 aromatic rings. The summed E-state index contributed by atoms with van der Waals surface area (Å²) < 4.78 is 23.8. The number of aryl methyl sites for hydroxylation is 1. The zero-order valence-corrected chi connectivity index (χ0v) is 14.0. The van der Waals surface area contributed by atoms with Crippen LogP contribution in [-0.4, -0.2) is 26.0 Å². The number of benzene rings is 2. The molecule has 6 nitrogen and oxygen atoms in total. The lowest BCUT2D eigenvalue weighted by atomic mass is 10.1. The number of amides is 2. The van der Waals surface area contributed by atoms with Gasteiger partial charge in [-0.15, -0.1) is 0 Å². The van der Waals surface area contributed by atoms with Gasteiger partial charge >= 0.3 is 0 Å². The molecule has 2 amide bonds. The molecule has 2 aromatic carbocycles. The van der Waals surface area contributed by atoms with Gasteiger partial charge in [0.25, 0.3) is 5.91 Å². The van der Waals surface area contributed by atoms with E-state index in [9.17, 15) is 18.0 Å². The van der Waals surface area contributed by atoms with Gasteiger partial charge in [0.1, 0.15) is 5.75 Å². The van der Waals surface area contributed by atoms with Crippen LogP contribution in [-0.2, 0) is 21.1 Å². The van der Waals surface area contributed by atoms with Gasteiger partial charge in [-0.25, -0.2) is 8.42 Å². The lowest BCUT2D eigenvalue weighted by molar-refractivity contribution is -0.115. The number of nitrogens with two attached hydrogens (primary N) is 1. The molecular weight excluding hydrogens is 328 g/mol. The van der Waals surface area contributed by atoms with Crippen molar-refractivity contribution in [2.45, 2.75) is 18.2 Å². The largest absolute Gasteiger partial charge is 0.369 e. The van der Waals surface area contributed by atoms with Crippen LogP contribution < -0.4 is 11.1 Å². The molecule has 7 heteroatoms. The van der Waals surface area contributed by atoms with Crippen LogP contribution in [0.25, 0.3) is 0 Å². The number of rotatable bonds is 6. The number of hydrogen-bond acceptors (Lipinski definition) is 4. The van der Waals surface area contributed by atoms with Gasteiger partial charge in [0.15, 0.2) is 9.84 Å². The Bertz CT molecular complexity index is 858. The van der Waals surface area contributed by atoms with Gasteiger partial charge in [-0.05, 0) is 48.4 Å². The van der Waals surface area contributed by atoms with E-state index in [-0.39, 0.29) is 10.8 Å². The minimum absolute atomic E-state index is 0.0502. The predicted octanol–water partition coefficient (Wildman–Crippen LogP) is 1.76. The van der Waals surface area contributed by atoms with E-state index in [0.29, 0.717) is 11.3 Å². The lowest BCUT2D eigenvalue weighted by Gasteiger charge is -2.08. The number of carbonyl (C=O) groups excluding carboxylic acids is 2. The van der Waals surface area contributed by atoms with Crippen molar-refractivity contribution in [2.24, 2.45) is 5.73 Å². The quantitative estimate of drug-likeness (QED) is 0.831. The summed E-state index contributed by atoms with van der Waals surface area (Å²) in [6.07, 6.45) is 0.857. The Morgan fingerprint density at radius 1 is 1.08 bits per heavy atom. The Hall–Kier alpha value is -2.67. The van der Waals surface area contributed by atoms with E-state index >= 15 is 0 Å². The maximum Gasteiger partial charge on any atom is 0.255 e. The van der Waals surface area contributed by atoms with Crippen LogP contribution in [0.3, 0.4) is 0 Å². The molecule has 0 unspecified atom stereocenters. The first-order chi connectivity index (χ1) is 11.3. The third kappa shape index (κ3) is 4.42. The summed E-state index contributed by atoms with van der Waals surface area (Å²) in [5.74, 6) is -2.03. The van der Waals surface area contributed by atoms with Crippen molar-refractivity contribution < 1.29 is 18.0 Å². The molecule has 2 rings (SSSR count). The highest BCUT2D eigenvalue weighted by molar-refractivity contribution is 7.92. The van der Waals surface area contributed by atoms with Crippen LogP contribution in [0.15, 0.2) is 53.4 Å². The second kappa shape index (κ2) is 7.27. The van der Waals surface area contributed by atoms with Crippen molar-refractivity contribution in [2.75, 3.05) is 11.1 Å². The van der Waals surface area contributed by atoms with Crippen molar-refractivity contribution in [3.8, 4) is 0 Å². The maximum atomic E-state index is 12.2. The standard InChI is InChI=1S/C17H18N2O4S/c1-2-12-4-3-5-14(10-12)19-17(21)13-6-8-15(9-7-13)24(22,23)11-16(18)20/h3-10H,2,11H2,1H3,(H2,18,20)(H,19,21). The molecule has 0 aliphatic rings. The van der Waals surface area contributed by atoms with Crippen LogP contribution in [0.2, 0.25) is 0 Å². The Kier molecular flexibility index (Phi) is 5.35. The Labute approximate surface area is 140 Å². The normalized spacial score (nSPS) is 11.0. The van der Waals surface area contributed by atoms with E-state index < -0.39 is 21.5 Å². The molecule has 24 heavy (non-hydrogen) atoms. The topological polar surface area (TPSA) is 106 Å². The average molecular weight is 346 g/mol. The Balaban J connectivity index is 2.15. The predicted molar refractivity (Wildman–Crippen MR) is 91.5 cm³/mol. The molecule has 126 valence electrons. The highest BCUT2D eigenvalue weighted by atomic mass is 32.2. The molecule has 0 bridgehead atoms. The van der Waals surface area contributed by atoms with Gasteiger partial charge in [0.05, 0.1) is 4.90 Å². The fraction of sp³-hybridized carbons (Fsp3) is 0.176. The third-order valence-corrected chi connectivity index (χ3v) is 5.06. The molecule has 0 atom stereocenters. The fourth-order valence-electron chi connectivity index (χ4n) is 2.16. The molecule has 0 heterocycles. The minimum Gasteiger partial charge on any atom is -0.369 e. The van der Waals surface area contributed by atoms with Gasteiger partial charge in [-0.2, -0.15) is 0 Å². The van der Waals surface area contributed by atoms with Crippen molar-refractivity contribution in [3.63, 3.8) is 0 Å². The molecule has 0 radical (unpaired) electrons. The number of anilines is 1. The van der Waals surface area contributed by atoms with Crippen LogP contribution in [0.1, 0.15) is 22.8 Å². The SMILES string of the molecule is CCc1cccc(NC(=O)c2ccc(S(=O)(=O)CC(N)=O)cc2)c1. The summed E-state index contributed by atoms with van der Waals surface area (Å²) in [4.78, 5) is 23.0. The van der Waals surface area contributed by atoms with Crippen LogP contribution in [0.5, 0.6) is 0 Å². The number of sulfone groups is 1. The van der Waals surface area contributed by atoms with E-state index in [1.165, 1.54) is 24.3 Å². The summed E-state index contributed by atoms with van der Waals surface area (Å²) in [5.41, 5.74) is 7.01. The highest BCUT2D eigenvalue weighted by Crippen LogP contribution is 2.15. The first-order valence-electron chi connectivity index (χ1n) is 7.33. The van der Waals surface area contributed by atoms with Gasteiger partial charge in [-0.1, -0.05) is 19.1 Å². The van der Waals surface area contributed by atoms with E-state index in [1.807, 2.05) is 25.1 Å². The van der Waals surface area contributed by atoms with Crippen molar-refractivity contribution in [1.82, 2.24) is 0 Å². The fourth-order valence-corrected chi connectivity index (χ4v) is 3.25. The lowest BCUT2D eigenvalue weighted by Crippen LogP contribution is -2.23. The summed E-state index contributed by atoms with van der Waals surface area (Å²) in [7, 11) is -3.78. The maximum absolute atomic E-state index is 12.2. The zero-order valence-electron chi connectivity index (χ0n) is 13.2. The monoisotopic (exact) mass is 346 g/mol. The van der Waals surface area contributed by atoms with E-state index in [4.69, 9.17) is 5.73 Å². The molecule has 0 fully saturated rings. The Morgan fingerprint density at radius 3 is 2.33 bits per heavy atom. The number of primary amides is 1. The van der Waals surface area contributed by atoms with E-state index in [1.54, 1.807) is 6.07 Å². The second-order valence-corrected chi connectivity index (χ2v) is 7.25. The average Bonchev–Trinajstić information content (AvgIpc) is 2.54. The first-order valence-corrected chi connectivity index (χ1v) is 8.98. The van der Waals surface area contributed by atoms with Gasteiger partial charge in [-0.3, -0.25) is 9.59 Å². The van der Waals surface area contributed by atoms with Crippen molar-refractivity contribution in [3.05, 3.63) is 59.7 Å². The van der Waals surface area contributed by atoms with E-state index in [2.05, 4.69) is 5.32 Å². The molecule has 0 saturated carbocycles. The summed E-state index contributed by atoms with van der Waals surface area (Å²) in [6.45, 7) is 2.02. The second-order valence-electron chi connectivity index (χ2n) is 5.26. The van der Waals surface area contributed by atoms with Crippen molar-refractivity contribution in [1.29, 1.82) is 0 Å². The van der Waals surface area contributed by atoms with E-state index in [0.717, 1.165) is 12.0 Å². The zero-order chi connectivity index (χ0) is 17.7. The molecule has 0 aliphatic heterocycles. The van der Waals surface area contributed by atoms with Gasteiger partial charge < -0.3 is 11.1 Å². The van der Waals surface area contributed by atoms with Crippen LogP contribution in [0, 0.1) is 0 Å². The summed E-state index contributed by atoms with van der Waals surface area (Å²) >= 11 is 0. The third-order valence-electron chi connectivity index (χ3n) is 3.40. The molecule has 0 aromatic heterocycles. The number of nitrogens with one attached hydrogen (secondary N) is 1. The smallest absolute Gasteiger partial charge is 0.255 e. The molecule has 0 aliphatic carbocycles. The van der Waals surface area contributed by atoms with Crippen LogP contribution >= 0.6 is 0 Å². The molecule has 0 spiro atoms. The molecule has 0 saturated heterocycles. The molecule has 3 N–H and O–H groups in total. The van der Waals surface area contributed by atoms with Crippen LogP contribution in [0.4, 0.5) is 5.69 Å². The summed E-state index contributed by atoms with van der Waals surface area (Å²) in [5, 5.41) is 2.76.